The van der Waals surface area contributed by atoms with Crippen molar-refractivity contribution in [3.63, 3.8) is 0 Å². The van der Waals surface area contributed by atoms with Crippen LogP contribution in [0.15, 0.2) is 0 Å². The van der Waals surface area contributed by atoms with Crippen LogP contribution in [0.2, 0.25) is 0 Å². The Labute approximate surface area is 130 Å². The van der Waals surface area contributed by atoms with E-state index in [1.54, 1.807) is 0 Å². The first-order valence-corrected chi connectivity index (χ1v) is 9.05. The Morgan fingerprint density at radius 1 is 1.24 bits per heavy atom. The number of hydrogen-bond donors (Lipinski definition) is 0. The molecule has 2 saturated heterocycles. The lowest BCUT2D eigenvalue weighted by Gasteiger charge is -2.44. The summed E-state index contributed by atoms with van der Waals surface area (Å²) in [4.78, 5) is 17.6. The molecule has 3 fully saturated rings. The van der Waals surface area contributed by atoms with Gasteiger partial charge in [0.1, 0.15) is 5.78 Å². The smallest absolute Gasteiger partial charge is 0.137 e. The zero-order chi connectivity index (χ0) is 15.0. The molecule has 4 unspecified atom stereocenters. The molecule has 1 saturated carbocycles. The summed E-state index contributed by atoms with van der Waals surface area (Å²) in [5.41, 5.74) is 0. The lowest BCUT2D eigenvalue weighted by Crippen LogP contribution is -2.56. The van der Waals surface area contributed by atoms with Gasteiger partial charge in [0.25, 0.3) is 0 Å². The van der Waals surface area contributed by atoms with Gasteiger partial charge in [0.15, 0.2) is 0 Å². The maximum atomic E-state index is 12.3. The Morgan fingerprint density at radius 2 is 2.05 bits per heavy atom. The van der Waals surface area contributed by atoms with Gasteiger partial charge in [-0.1, -0.05) is 13.8 Å². The van der Waals surface area contributed by atoms with Crippen molar-refractivity contribution in [2.45, 2.75) is 65.0 Å². The molecule has 0 aromatic rings. The molecule has 21 heavy (non-hydrogen) atoms. The van der Waals surface area contributed by atoms with Crippen molar-refractivity contribution in [1.82, 2.24) is 9.80 Å². The average Bonchev–Trinajstić information content (AvgIpc) is 2.88. The normalized spacial score (nSPS) is 39.0. The van der Waals surface area contributed by atoms with Gasteiger partial charge in [-0.05, 0) is 51.0 Å². The maximum absolute atomic E-state index is 12.3. The van der Waals surface area contributed by atoms with Gasteiger partial charge < -0.3 is 0 Å². The van der Waals surface area contributed by atoms with Gasteiger partial charge in [-0.25, -0.2) is 0 Å². The quantitative estimate of drug-likeness (QED) is 0.799. The molecule has 0 radical (unpaired) electrons. The summed E-state index contributed by atoms with van der Waals surface area (Å²) < 4.78 is 0. The van der Waals surface area contributed by atoms with Crippen molar-refractivity contribution in [2.24, 2.45) is 17.8 Å². The van der Waals surface area contributed by atoms with Crippen LogP contribution in [0.1, 0.15) is 52.9 Å². The van der Waals surface area contributed by atoms with Gasteiger partial charge >= 0.3 is 0 Å². The van der Waals surface area contributed by atoms with E-state index in [9.17, 15) is 4.79 Å². The van der Waals surface area contributed by atoms with Crippen molar-refractivity contribution in [2.75, 3.05) is 26.2 Å². The van der Waals surface area contributed by atoms with Crippen molar-refractivity contribution in [3.05, 3.63) is 0 Å². The van der Waals surface area contributed by atoms with Crippen LogP contribution in [-0.2, 0) is 4.79 Å². The second-order valence-corrected chi connectivity index (χ2v) is 8.04. The summed E-state index contributed by atoms with van der Waals surface area (Å²) in [7, 11) is 0. The molecule has 3 aliphatic rings. The highest BCUT2D eigenvalue weighted by molar-refractivity contribution is 5.82. The van der Waals surface area contributed by atoms with Crippen molar-refractivity contribution < 1.29 is 4.79 Å². The molecule has 0 amide bonds. The Hall–Kier alpha value is -0.410. The summed E-state index contributed by atoms with van der Waals surface area (Å²) in [6.07, 6.45) is 5.80. The van der Waals surface area contributed by atoms with Crippen LogP contribution in [0, 0.1) is 17.8 Å². The van der Waals surface area contributed by atoms with E-state index in [1.807, 2.05) is 0 Å². The van der Waals surface area contributed by atoms with Crippen LogP contribution in [0.25, 0.3) is 0 Å². The molecule has 4 atom stereocenters. The summed E-state index contributed by atoms with van der Waals surface area (Å²) in [5.74, 6) is 2.33. The number of carbonyl (C=O) groups excluding carboxylic acids is 1. The lowest BCUT2D eigenvalue weighted by atomic mass is 9.75. The Kier molecular flexibility index (Phi) is 4.70. The predicted molar refractivity (Wildman–Crippen MR) is 86.3 cm³/mol. The summed E-state index contributed by atoms with van der Waals surface area (Å²) in [6, 6.07) is 1.38. The highest BCUT2D eigenvalue weighted by Crippen LogP contribution is 2.33. The zero-order valence-electron chi connectivity index (χ0n) is 14.1. The molecule has 0 aromatic carbocycles. The second kappa shape index (κ2) is 6.37. The van der Waals surface area contributed by atoms with E-state index in [0.717, 1.165) is 43.7 Å². The predicted octanol–water partition coefficient (Wildman–Crippen LogP) is 2.80. The SMILES string of the molecule is CC(C)C1CCC(=O)C(CN2CC3CCCN3CC2C)C1. The number of Topliss-reactive ketones (excluding diaryl/α,β-unsaturated/α-hetero) is 1. The topological polar surface area (TPSA) is 23.6 Å². The Morgan fingerprint density at radius 3 is 2.81 bits per heavy atom. The fraction of sp³-hybridized carbons (Fsp3) is 0.944. The van der Waals surface area contributed by atoms with Gasteiger partial charge in [-0.2, -0.15) is 0 Å². The number of hydrogen-bond acceptors (Lipinski definition) is 3. The summed E-state index contributed by atoms with van der Waals surface area (Å²) in [6.45, 7) is 11.7. The number of fused-ring (bicyclic) bond motifs is 1. The molecule has 120 valence electrons. The highest BCUT2D eigenvalue weighted by atomic mass is 16.1. The van der Waals surface area contributed by atoms with Crippen LogP contribution in [0.5, 0.6) is 0 Å². The second-order valence-electron chi connectivity index (χ2n) is 8.04. The number of rotatable bonds is 3. The largest absolute Gasteiger partial charge is 0.299 e. The number of piperazine rings is 1. The van der Waals surface area contributed by atoms with Gasteiger partial charge in [-0.15, -0.1) is 0 Å². The monoisotopic (exact) mass is 292 g/mol. The Bertz CT molecular complexity index is 381. The third-order valence-corrected chi connectivity index (χ3v) is 6.27. The standard InChI is InChI=1S/C18H32N2O/c1-13(2)15-6-7-18(21)16(9-15)11-20-12-17-5-4-8-19(17)10-14(20)3/h13-17H,4-12H2,1-3H3. The van der Waals surface area contributed by atoms with Gasteiger partial charge in [0.05, 0.1) is 0 Å². The van der Waals surface area contributed by atoms with Gasteiger partial charge in [0.2, 0.25) is 0 Å². The molecule has 2 heterocycles. The van der Waals surface area contributed by atoms with Gasteiger partial charge in [-0.3, -0.25) is 14.6 Å². The van der Waals surface area contributed by atoms with E-state index in [4.69, 9.17) is 0 Å². The average molecular weight is 292 g/mol. The molecule has 0 N–H and O–H groups in total. The number of carbonyl (C=O) groups is 1. The van der Waals surface area contributed by atoms with Crippen molar-refractivity contribution in [1.29, 1.82) is 0 Å². The van der Waals surface area contributed by atoms with Gasteiger partial charge in [0, 0.05) is 44.1 Å². The number of ketones is 1. The minimum atomic E-state index is 0.307. The van der Waals surface area contributed by atoms with Crippen molar-refractivity contribution >= 4 is 5.78 Å². The van der Waals surface area contributed by atoms with Crippen molar-refractivity contribution in [3.8, 4) is 0 Å². The fourth-order valence-corrected chi connectivity index (χ4v) is 4.71. The minimum absolute atomic E-state index is 0.307. The molecule has 3 rings (SSSR count). The fourth-order valence-electron chi connectivity index (χ4n) is 4.71. The number of nitrogens with zero attached hydrogens (tertiary/aromatic N) is 2. The highest BCUT2D eigenvalue weighted by Gasteiger charge is 2.37. The minimum Gasteiger partial charge on any atom is -0.299 e. The van der Waals surface area contributed by atoms with Crippen LogP contribution < -0.4 is 0 Å². The molecule has 3 heteroatoms. The molecule has 3 nitrogen and oxygen atoms in total. The lowest BCUT2D eigenvalue weighted by molar-refractivity contribution is -0.127. The molecule has 0 bridgehead atoms. The molecule has 0 spiro atoms. The summed E-state index contributed by atoms with van der Waals surface area (Å²) >= 11 is 0. The van der Waals surface area contributed by atoms with E-state index in [-0.39, 0.29) is 0 Å². The molecular weight excluding hydrogens is 260 g/mol. The first-order chi connectivity index (χ1) is 10.0. The van der Waals surface area contributed by atoms with E-state index in [2.05, 4.69) is 30.6 Å². The van der Waals surface area contributed by atoms with Crippen LogP contribution in [-0.4, -0.2) is 53.8 Å². The van der Waals surface area contributed by atoms with E-state index >= 15 is 0 Å². The first kappa shape index (κ1) is 15.5. The third kappa shape index (κ3) is 3.34. The summed E-state index contributed by atoms with van der Waals surface area (Å²) in [5, 5.41) is 0. The maximum Gasteiger partial charge on any atom is 0.137 e. The molecule has 0 aromatic heterocycles. The van der Waals surface area contributed by atoms with Crippen LogP contribution in [0.3, 0.4) is 0 Å². The van der Waals surface area contributed by atoms with E-state index in [0.29, 0.717) is 17.7 Å². The first-order valence-electron chi connectivity index (χ1n) is 9.05. The molecule has 1 aliphatic carbocycles. The van der Waals surface area contributed by atoms with E-state index < -0.39 is 0 Å². The van der Waals surface area contributed by atoms with Crippen LogP contribution in [0.4, 0.5) is 0 Å². The molecule has 2 aliphatic heterocycles. The molecular formula is C18H32N2O. The Balaban J connectivity index is 1.60. The zero-order valence-corrected chi connectivity index (χ0v) is 14.1. The third-order valence-electron chi connectivity index (χ3n) is 6.27. The van der Waals surface area contributed by atoms with E-state index in [1.165, 1.54) is 32.5 Å². The van der Waals surface area contributed by atoms with Crippen LogP contribution >= 0.6 is 0 Å².